The van der Waals surface area contributed by atoms with Gasteiger partial charge in [0.25, 0.3) is 6.43 Å². The van der Waals surface area contributed by atoms with Gasteiger partial charge in [-0.15, -0.1) is 0 Å². The van der Waals surface area contributed by atoms with Crippen LogP contribution in [0.5, 0.6) is 0 Å². The van der Waals surface area contributed by atoms with E-state index in [-0.39, 0.29) is 16.9 Å². The van der Waals surface area contributed by atoms with Crippen molar-refractivity contribution in [2.75, 3.05) is 5.73 Å². The SMILES string of the molecule is Cc1cc(C(F)F)c(C#N)c(N)n1. The molecule has 0 bridgehead atoms. The first-order valence-electron chi connectivity index (χ1n) is 3.51. The van der Waals surface area contributed by atoms with Crippen molar-refractivity contribution in [1.82, 2.24) is 4.98 Å². The number of hydrogen-bond acceptors (Lipinski definition) is 3. The largest absolute Gasteiger partial charge is 0.383 e. The lowest BCUT2D eigenvalue weighted by molar-refractivity contribution is 0.151. The highest BCUT2D eigenvalue weighted by Crippen LogP contribution is 2.25. The molecule has 68 valence electrons. The number of pyridine rings is 1. The zero-order chi connectivity index (χ0) is 10.0. The van der Waals surface area contributed by atoms with Crippen LogP contribution in [0.2, 0.25) is 0 Å². The summed E-state index contributed by atoms with van der Waals surface area (Å²) in [5.74, 6) is -0.141. The van der Waals surface area contributed by atoms with Gasteiger partial charge in [-0.05, 0) is 13.0 Å². The molecule has 13 heavy (non-hydrogen) atoms. The summed E-state index contributed by atoms with van der Waals surface area (Å²) in [6.07, 6.45) is -2.70. The lowest BCUT2D eigenvalue weighted by Gasteiger charge is -2.05. The summed E-state index contributed by atoms with van der Waals surface area (Å²) in [7, 11) is 0. The van der Waals surface area contributed by atoms with E-state index in [1.807, 2.05) is 0 Å². The van der Waals surface area contributed by atoms with Gasteiger partial charge in [-0.25, -0.2) is 13.8 Å². The van der Waals surface area contributed by atoms with Crippen molar-refractivity contribution in [2.45, 2.75) is 13.3 Å². The Morgan fingerprint density at radius 3 is 2.69 bits per heavy atom. The molecule has 0 amide bonds. The number of nitrogens with zero attached hydrogens (tertiary/aromatic N) is 2. The van der Waals surface area contributed by atoms with Crippen molar-refractivity contribution >= 4 is 5.82 Å². The van der Waals surface area contributed by atoms with Crippen LogP contribution >= 0.6 is 0 Å². The van der Waals surface area contributed by atoms with Gasteiger partial charge in [-0.2, -0.15) is 5.26 Å². The number of hydrogen-bond donors (Lipinski definition) is 1. The molecule has 0 aliphatic rings. The van der Waals surface area contributed by atoms with Gasteiger partial charge in [0, 0.05) is 11.3 Å². The summed E-state index contributed by atoms with van der Waals surface area (Å²) >= 11 is 0. The van der Waals surface area contributed by atoms with Crippen LogP contribution < -0.4 is 5.73 Å². The van der Waals surface area contributed by atoms with Crippen molar-refractivity contribution in [2.24, 2.45) is 0 Å². The third kappa shape index (κ3) is 1.72. The zero-order valence-electron chi connectivity index (χ0n) is 6.88. The van der Waals surface area contributed by atoms with Crippen LogP contribution in [-0.2, 0) is 0 Å². The number of nitriles is 1. The average Bonchev–Trinajstić information content (AvgIpc) is 2.02. The highest BCUT2D eigenvalue weighted by molar-refractivity contribution is 5.54. The monoisotopic (exact) mass is 183 g/mol. The fourth-order valence-corrected chi connectivity index (χ4v) is 1.02. The zero-order valence-corrected chi connectivity index (χ0v) is 6.88. The number of anilines is 1. The summed E-state index contributed by atoms with van der Waals surface area (Å²) in [5, 5.41) is 8.54. The maximum absolute atomic E-state index is 12.3. The van der Waals surface area contributed by atoms with Crippen molar-refractivity contribution in [3.63, 3.8) is 0 Å². The van der Waals surface area contributed by atoms with E-state index in [2.05, 4.69) is 4.98 Å². The highest BCUT2D eigenvalue weighted by atomic mass is 19.3. The van der Waals surface area contributed by atoms with E-state index in [0.29, 0.717) is 5.69 Å². The van der Waals surface area contributed by atoms with Gasteiger partial charge in [0.05, 0.1) is 0 Å². The number of aromatic nitrogens is 1. The van der Waals surface area contributed by atoms with E-state index in [0.717, 1.165) is 0 Å². The Balaban J connectivity index is 3.41. The van der Waals surface area contributed by atoms with Crippen molar-refractivity contribution < 1.29 is 8.78 Å². The van der Waals surface area contributed by atoms with E-state index < -0.39 is 6.43 Å². The number of rotatable bonds is 1. The Bertz CT molecular complexity index is 368. The maximum Gasteiger partial charge on any atom is 0.265 e. The van der Waals surface area contributed by atoms with Crippen molar-refractivity contribution in [3.8, 4) is 6.07 Å². The first-order chi connectivity index (χ1) is 6.06. The third-order valence-corrected chi connectivity index (χ3v) is 1.55. The fraction of sp³-hybridized carbons (Fsp3) is 0.250. The molecule has 3 nitrogen and oxygen atoms in total. The minimum atomic E-state index is -2.70. The summed E-state index contributed by atoms with van der Waals surface area (Å²) in [6.45, 7) is 1.55. The molecule has 0 unspecified atom stereocenters. The predicted molar refractivity (Wildman–Crippen MR) is 43.1 cm³/mol. The van der Waals surface area contributed by atoms with Gasteiger partial charge in [0.1, 0.15) is 17.5 Å². The molecule has 1 aromatic heterocycles. The smallest absolute Gasteiger partial charge is 0.265 e. The molecular formula is C8H7F2N3. The molecule has 0 fully saturated rings. The third-order valence-electron chi connectivity index (χ3n) is 1.55. The molecule has 0 atom stereocenters. The molecule has 0 saturated carbocycles. The Morgan fingerprint density at radius 1 is 1.62 bits per heavy atom. The van der Waals surface area contributed by atoms with Crippen LogP contribution in [0.25, 0.3) is 0 Å². The fourth-order valence-electron chi connectivity index (χ4n) is 1.02. The summed E-state index contributed by atoms with van der Waals surface area (Å²) in [5.41, 5.74) is 5.10. The van der Waals surface area contributed by atoms with Crippen LogP contribution in [-0.4, -0.2) is 4.98 Å². The molecule has 0 aliphatic heterocycles. The van der Waals surface area contributed by atoms with Gasteiger partial charge in [0.2, 0.25) is 0 Å². The summed E-state index contributed by atoms with van der Waals surface area (Å²) in [6, 6.07) is 2.77. The minimum absolute atomic E-state index is 0.141. The van der Waals surface area contributed by atoms with Crippen molar-refractivity contribution in [3.05, 3.63) is 22.9 Å². The topological polar surface area (TPSA) is 62.7 Å². The number of halogens is 2. The van der Waals surface area contributed by atoms with E-state index >= 15 is 0 Å². The molecule has 0 aromatic carbocycles. The Kier molecular flexibility index (Phi) is 2.42. The average molecular weight is 183 g/mol. The van der Waals surface area contributed by atoms with Crippen LogP contribution in [0.3, 0.4) is 0 Å². The second-order valence-corrected chi connectivity index (χ2v) is 2.53. The Morgan fingerprint density at radius 2 is 2.23 bits per heavy atom. The second-order valence-electron chi connectivity index (χ2n) is 2.53. The summed E-state index contributed by atoms with van der Waals surface area (Å²) in [4.78, 5) is 3.71. The van der Waals surface area contributed by atoms with Gasteiger partial charge in [0.15, 0.2) is 0 Å². The van der Waals surface area contributed by atoms with E-state index in [1.165, 1.54) is 6.07 Å². The molecule has 0 radical (unpaired) electrons. The molecule has 0 aliphatic carbocycles. The second kappa shape index (κ2) is 3.35. The minimum Gasteiger partial charge on any atom is -0.383 e. The standard InChI is InChI=1S/C8H7F2N3/c1-4-2-5(7(9)10)6(3-11)8(12)13-4/h2,7H,1H3,(H2,12,13). The lowest BCUT2D eigenvalue weighted by Crippen LogP contribution is -2.01. The lowest BCUT2D eigenvalue weighted by atomic mass is 10.1. The normalized spacial score (nSPS) is 10.1. The van der Waals surface area contributed by atoms with Crippen LogP contribution in [0, 0.1) is 18.3 Å². The van der Waals surface area contributed by atoms with Gasteiger partial charge in [-0.3, -0.25) is 0 Å². The van der Waals surface area contributed by atoms with E-state index in [1.54, 1.807) is 13.0 Å². The maximum atomic E-state index is 12.3. The number of aryl methyl sites for hydroxylation is 1. The Labute approximate surface area is 73.8 Å². The molecular weight excluding hydrogens is 176 g/mol. The van der Waals surface area contributed by atoms with Gasteiger partial charge >= 0.3 is 0 Å². The number of alkyl halides is 2. The van der Waals surface area contributed by atoms with Crippen LogP contribution in [0.4, 0.5) is 14.6 Å². The first kappa shape index (κ1) is 9.39. The molecule has 0 saturated heterocycles. The number of nitrogens with two attached hydrogens (primary N) is 1. The summed E-state index contributed by atoms with van der Waals surface area (Å²) < 4.78 is 24.7. The van der Waals surface area contributed by atoms with E-state index in [9.17, 15) is 8.78 Å². The van der Waals surface area contributed by atoms with Gasteiger partial charge < -0.3 is 5.73 Å². The highest BCUT2D eigenvalue weighted by Gasteiger charge is 2.16. The molecule has 2 N–H and O–H groups in total. The van der Waals surface area contributed by atoms with Crippen molar-refractivity contribution in [1.29, 1.82) is 5.26 Å². The molecule has 5 heteroatoms. The van der Waals surface area contributed by atoms with Gasteiger partial charge in [-0.1, -0.05) is 0 Å². The van der Waals surface area contributed by atoms with Crippen LogP contribution in [0.15, 0.2) is 6.07 Å². The predicted octanol–water partition coefficient (Wildman–Crippen LogP) is 1.78. The first-order valence-corrected chi connectivity index (χ1v) is 3.51. The molecule has 1 aromatic rings. The molecule has 0 spiro atoms. The molecule has 1 heterocycles. The quantitative estimate of drug-likeness (QED) is 0.721. The Hall–Kier alpha value is -1.70. The van der Waals surface area contributed by atoms with E-state index in [4.69, 9.17) is 11.0 Å². The van der Waals surface area contributed by atoms with Crippen LogP contribution in [0.1, 0.15) is 23.2 Å². The number of nitrogen functional groups attached to an aromatic ring is 1. The molecule has 1 rings (SSSR count).